The highest BCUT2D eigenvalue weighted by atomic mass is 35.5. The Morgan fingerprint density at radius 1 is 1.00 bits per heavy atom. The van der Waals surface area contributed by atoms with Crippen LogP contribution in [0.1, 0.15) is 10.4 Å². The van der Waals surface area contributed by atoms with Gasteiger partial charge in [0.2, 0.25) is 0 Å². The molecule has 0 bridgehead atoms. The number of carbonyl (C=O) groups excluding carboxylic acids is 1. The number of carbonyl (C=O) groups is 1. The highest BCUT2D eigenvalue weighted by molar-refractivity contribution is 6.29. The Morgan fingerprint density at radius 2 is 1.85 bits per heavy atom. The van der Waals surface area contributed by atoms with Gasteiger partial charge in [0.05, 0.1) is 16.9 Å². The third kappa shape index (κ3) is 3.70. The van der Waals surface area contributed by atoms with Gasteiger partial charge in [-0.2, -0.15) is 5.10 Å². The molecule has 0 saturated carbocycles. The maximum Gasteiger partial charge on any atom is 0.258 e. The van der Waals surface area contributed by atoms with Crippen LogP contribution in [0.4, 0.5) is 5.82 Å². The molecule has 0 unspecified atom stereocenters. The van der Waals surface area contributed by atoms with E-state index >= 15 is 0 Å². The summed E-state index contributed by atoms with van der Waals surface area (Å²) < 4.78 is 1.68. The van der Waals surface area contributed by atoms with Crippen molar-refractivity contribution in [3.05, 3.63) is 90.0 Å². The molecule has 0 aliphatic carbocycles. The van der Waals surface area contributed by atoms with Gasteiger partial charge in [0, 0.05) is 30.2 Å². The standard InChI is InChI=1S/C20H14ClN5O/c21-18-9-8-15(13-23-18)20(27)24-19-11-17(14-5-4-10-22-12-14)25-26(19)16-6-2-1-3-7-16/h1-13H,(H,24,27). The number of aromatic nitrogens is 4. The third-order valence-corrected chi connectivity index (χ3v) is 4.12. The summed E-state index contributed by atoms with van der Waals surface area (Å²) in [6, 6.07) is 18.3. The van der Waals surface area contributed by atoms with Crippen molar-refractivity contribution in [2.75, 3.05) is 5.32 Å². The lowest BCUT2D eigenvalue weighted by Gasteiger charge is -2.08. The second-order valence-electron chi connectivity index (χ2n) is 5.73. The van der Waals surface area contributed by atoms with E-state index in [0.717, 1.165) is 11.3 Å². The topological polar surface area (TPSA) is 72.7 Å². The maximum atomic E-state index is 12.6. The van der Waals surface area contributed by atoms with Crippen LogP contribution in [0.3, 0.4) is 0 Å². The van der Waals surface area contributed by atoms with Crippen LogP contribution in [0.15, 0.2) is 79.3 Å². The van der Waals surface area contributed by atoms with E-state index in [0.29, 0.717) is 22.2 Å². The average Bonchev–Trinajstić information content (AvgIpc) is 3.13. The van der Waals surface area contributed by atoms with Crippen LogP contribution in [0.2, 0.25) is 5.15 Å². The quantitative estimate of drug-likeness (QED) is 0.541. The Labute approximate surface area is 160 Å². The number of amides is 1. The predicted octanol–water partition coefficient (Wildman–Crippen LogP) is 4.24. The first kappa shape index (κ1) is 16.9. The fourth-order valence-electron chi connectivity index (χ4n) is 2.59. The Hall–Kier alpha value is -3.51. The highest BCUT2D eigenvalue weighted by Crippen LogP contribution is 2.24. The number of hydrogen-bond donors (Lipinski definition) is 1. The minimum atomic E-state index is -0.297. The molecule has 3 heterocycles. The lowest BCUT2D eigenvalue weighted by molar-refractivity contribution is 0.102. The van der Waals surface area contributed by atoms with Crippen molar-refractivity contribution in [2.24, 2.45) is 0 Å². The van der Waals surface area contributed by atoms with Gasteiger partial charge in [0.25, 0.3) is 5.91 Å². The van der Waals surface area contributed by atoms with Crippen molar-refractivity contribution in [3.8, 4) is 16.9 Å². The minimum Gasteiger partial charge on any atom is -0.306 e. The van der Waals surface area contributed by atoms with Gasteiger partial charge in [-0.1, -0.05) is 29.8 Å². The first-order valence-electron chi connectivity index (χ1n) is 8.19. The molecule has 1 aromatic carbocycles. The zero-order valence-corrected chi connectivity index (χ0v) is 14.8. The second kappa shape index (κ2) is 7.39. The number of halogens is 1. The normalized spacial score (nSPS) is 10.6. The summed E-state index contributed by atoms with van der Waals surface area (Å²) in [4.78, 5) is 20.7. The molecule has 0 aliphatic rings. The SMILES string of the molecule is O=C(Nc1cc(-c2cccnc2)nn1-c1ccccc1)c1ccc(Cl)nc1. The van der Waals surface area contributed by atoms with Crippen LogP contribution in [0.5, 0.6) is 0 Å². The first-order chi connectivity index (χ1) is 13.2. The van der Waals surface area contributed by atoms with Crippen molar-refractivity contribution < 1.29 is 4.79 Å². The molecule has 0 fully saturated rings. The molecule has 27 heavy (non-hydrogen) atoms. The van der Waals surface area contributed by atoms with Crippen molar-refractivity contribution >= 4 is 23.3 Å². The van der Waals surface area contributed by atoms with E-state index in [1.165, 1.54) is 6.20 Å². The van der Waals surface area contributed by atoms with Crippen LogP contribution >= 0.6 is 11.6 Å². The number of pyridine rings is 2. The molecule has 0 spiro atoms. The van der Waals surface area contributed by atoms with E-state index in [-0.39, 0.29) is 5.91 Å². The Kier molecular flexibility index (Phi) is 4.63. The number of nitrogens with one attached hydrogen (secondary N) is 1. The van der Waals surface area contributed by atoms with Crippen LogP contribution in [-0.4, -0.2) is 25.7 Å². The molecule has 0 radical (unpaired) electrons. The molecule has 4 rings (SSSR count). The van der Waals surface area contributed by atoms with E-state index in [9.17, 15) is 4.79 Å². The number of anilines is 1. The maximum absolute atomic E-state index is 12.6. The Morgan fingerprint density at radius 3 is 2.56 bits per heavy atom. The molecule has 4 aromatic rings. The smallest absolute Gasteiger partial charge is 0.258 e. The van der Waals surface area contributed by atoms with E-state index in [2.05, 4.69) is 20.4 Å². The van der Waals surface area contributed by atoms with Crippen molar-refractivity contribution in [1.29, 1.82) is 0 Å². The zero-order valence-electron chi connectivity index (χ0n) is 14.1. The summed E-state index contributed by atoms with van der Waals surface area (Å²) in [5.41, 5.74) is 2.80. The molecular weight excluding hydrogens is 362 g/mol. The van der Waals surface area contributed by atoms with E-state index in [4.69, 9.17) is 11.6 Å². The van der Waals surface area contributed by atoms with Crippen LogP contribution < -0.4 is 5.32 Å². The molecule has 0 aliphatic heterocycles. The molecule has 1 N–H and O–H groups in total. The zero-order chi connectivity index (χ0) is 18.6. The summed E-state index contributed by atoms with van der Waals surface area (Å²) in [6.07, 6.45) is 4.86. The molecule has 7 heteroatoms. The van der Waals surface area contributed by atoms with E-state index in [1.54, 1.807) is 29.2 Å². The molecule has 6 nitrogen and oxygen atoms in total. The van der Waals surface area contributed by atoms with Crippen LogP contribution in [0.25, 0.3) is 16.9 Å². The second-order valence-corrected chi connectivity index (χ2v) is 6.11. The van der Waals surface area contributed by atoms with Gasteiger partial charge in [-0.25, -0.2) is 9.67 Å². The van der Waals surface area contributed by atoms with Gasteiger partial charge in [-0.3, -0.25) is 9.78 Å². The van der Waals surface area contributed by atoms with Crippen LogP contribution in [0, 0.1) is 0 Å². The number of benzene rings is 1. The number of rotatable bonds is 4. The molecule has 0 saturated heterocycles. The lowest BCUT2D eigenvalue weighted by Crippen LogP contribution is -2.15. The highest BCUT2D eigenvalue weighted by Gasteiger charge is 2.15. The fourth-order valence-corrected chi connectivity index (χ4v) is 2.70. The van der Waals surface area contributed by atoms with Gasteiger partial charge in [-0.05, 0) is 36.4 Å². The fraction of sp³-hybridized carbons (Fsp3) is 0. The van der Waals surface area contributed by atoms with E-state index < -0.39 is 0 Å². The summed E-state index contributed by atoms with van der Waals surface area (Å²) in [5, 5.41) is 7.86. The third-order valence-electron chi connectivity index (χ3n) is 3.90. The summed E-state index contributed by atoms with van der Waals surface area (Å²) >= 11 is 5.79. The van der Waals surface area contributed by atoms with Crippen molar-refractivity contribution in [2.45, 2.75) is 0 Å². The number of hydrogen-bond acceptors (Lipinski definition) is 4. The Balaban J connectivity index is 1.73. The molecule has 132 valence electrons. The summed E-state index contributed by atoms with van der Waals surface area (Å²) in [5.74, 6) is 0.244. The minimum absolute atomic E-state index is 0.297. The molecule has 0 atom stereocenters. The average molecular weight is 376 g/mol. The monoisotopic (exact) mass is 375 g/mol. The summed E-state index contributed by atoms with van der Waals surface area (Å²) in [6.45, 7) is 0. The summed E-state index contributed by atoms with van der Waals surface area (Å²) in [7, 11) is 0. The molecular formula is C20H14ClN5O. The van der Waals surface area contributed by atoms with Gasteiger partial charge in [0.1, 0.15) is 11.0 Å². The van der Waals surface area contributed by atoms with Gasteiger partial charge < -0.3 is 5.32 Å². The lowest BCUT2D eigenvalue weighted by atomic mass is 10.2. The van der Waals surface area contributed by atoms with Crippen molar-refractivity contribution in [3.63, 3.8) is 0 Å². The van der Waals surface area contributed by atoms with Gasteiger partial charge >= 0.3 is 0 Å². The Bertz CT molecular complexity index is 1060. The largest absolute Gasteiger partial charge is 0.306 e. The molecule has 3 aromatic heterocycles. The van der Waals surface area contributed by atoms with Gasteiger partial charge in [0.15, 0.2) is 0 Å². The molecule has 1 amide bonds. The predicted molar refractivity (Wildman–Crippen MR) is 104 cm³/mol. The number of para-hydroxylation sites is 1. The van der Waals surface area contributed by atoms with Crippen LogP contribution in [-0.2, 0) is 0 Å². The first-order valence-corrected chi connectivity index (χ1v) is 8.57. The van der Waals surface area contributed by atoms with E-state index in [1.807, 2.05) is 48.5 Å². The van der Waals surface area contributed by atoms with Gasteiger partial charge in [-0.15, -0.1) is 0 Å². The van der Waals surface area contributed by atoms with Crippen molar-refractivity contribution in [1.82, 2.24) is 19.7 Å². The number of nitrogens with zero attached hydrogens (tertiary/aromatic N) is 4.